The van der Waals surface area contributed by atoms with Gasteiger partial charge in [-0.15, -0.1) is 0 Å². The maximum atomic E-state index is 12.1. The smallest absolute Gasteiger partial charge is 0.253 e. The Morgan fingerprint density at radius 2 is 0.900 bits per heavy atom. The molecule has 18 heteroatoms. The fraction of sp³-hybridized carbons (Fsp3) is 0.688. The van der Waals surface area contributed by atoms with Gasteiger partial charge in [-0.1, -0.05) is 0 Å². The first-order valence-electron chi connectivity index (χ1n) is 17.1. The summed E-state index contributed by atoms with van der Waals surface area (Å²) in [5.74, 6) is -3.43. The van der Waals surface area contributed by atoms with Crippen molar-refractivity contribution in [1.82, 2.24) is 36.0 Å². The summed E-state index contributed by atoms with van der Waals surface area (Å²) in [6, 6.07) is 0. The number of amides is 8. The summed E-state index contributed by atoms with van der Waals surface area (Å²) in [7, 11) is 0. The van der Waals surface area contributed by atoms with Crippen LogP contribution in [0.3, 0.4) is 0 Å². The van der Waals surface area contributed by atoms with Gasteiger partial charge in [0.15, 0.2) is 0 Å². The zero-order valence-electron chi connectivity index (χ0n) is 28.9. The molecule has 0 bridgehead atoms. The molecule has 1 aliphatic heterocycles. The number of unbranched alkanes of at least 4 members (excludes halogenated alkanes) is 6. The van der Waals surface area contributed by atoms with Crippen LogP contribution in [-0.4, -0.2) is 129 Å². The summed E-state index contributed by atoms with van der Waals surface area (Å²) >= 11 is 0. The number of rotatable bonds is 27. The molecular formula is C32H53N7O11. The molecule has 0 fully saturated rings. The molecule has 0 aromatic rings. The van der Waals surface area contributed by atoms with E-state index in [1.165, 1.54) is 6.92 Å². The van der Waals surface area contributed by atoms with Crippen molar-refractivity contribution in [3.05, 3.63) is 12.2 Å². The molecule has 8 amide bonds. The third-order valence-corrected chi connectivity index (χ3v) is 7.64. The normalized spacial score (nSPS) is 12.1. The largest absolute Gasteiger partial charge is 0.356 e. The molecular weight excluding hydrogens is 658 g/mol. The minimum absolute atomic E-state index is 0.00281. The van der Waals surface area contributed by atoms with Gasteiger partial charge in [-0.25, -0.2) is 15.2 Å². The van der Waals surface area contributed by atoms with Gasteiger partial charge in [0, 0.05) is 97.0 Å². The summed E-state index contributed by atoms with van der Waals surface area (Å²) in [5.41, 5.74) is 0. The molecule has 0 saturated heterocycles. The van der Waals surface area contributed by atoms with Gasteiger partial charge in [-0.05, 0) is 57.8 Å². The van der Waals surface area contributed by atoms with Crippen LogP contribution in [0.15, 0.2) is 12.2 Å². The molecule has 50 heavy (non-hydrogen) atoms. The maximum absolute atomic E-state index is 12.1. The van der Waals surface area contributed by atoms with Crippen LogP contribution in [0.5, 0.6) is 0 Å². The molecule has 0 aromatic carbocycles. The molecule has 0 radical (unpaired) electrons. The average molecular weight is 712 g/mol. The van der Waals surface area contributed by atoms with Crippen LogP contribution in [0.1, 0.15) is 96.8 Å². The first kappa shape index (κ1) is 43.6. The Morgan fingerprint density at radius 3 is 1.28 bits per heavy atom. The molecule has 18 nitrogen and oxygen atoms in total. The number of hydrogen-bond donors (Lipinski definition) is 6. The lowest BCUT2D eigenvalue weighted by atomic mass is 10.2. The van der Waals surface area contributed by atoms with Gasteiger partial charge in [-0.3, -0.25) is 58.9 Å². The summed E-state index contributed by atoms with van der Waals surface area (Å²) < 4.78 is 0. The number of hydroxylamine groups is 6. The van der Waals surface area contributed by atoms with Gasteiger partial charge in [-0.2, -0.15) is 0 Å². The lowest BCUT2D eigenvalue weighted by Crippen LogP contribution is -2.35. The van der Waals surface area contributed by atoms with Crippen LogP contribution < -0.4 is 16.0 Å². The fourth-order valence-electron chi connectivity index (χ4n) is 4.61. The minimum atomic E-state index is -0.586. The number of imide groups is 1. The lowest BCUT2D eigenvalue weighted by molar-refractivity contribution is -0.166. The third kappa shape index (κ3) is 20.2. The number of hydrogen-bond acceptors (Lipinski definition) is 11. The second-order valence-corrected chi connectivity index (χ2v) is 11.8. The van der Waals surface area contributed by atoms with Crippen molar-refractivity contribution in [3.8, 4) is 0 Å². The number of carbonyl (C=O) groups is 8. The van der Waals surface area contributed by atoms with E-state index in [-0.39, 0.29) is 76.0 Å². The second-order valence-electron chi connectivity index (χ2n) is 11.8. The Bertz CT molecular complexity index is 1160. The van der Waals surface area contributed by atoms with E-state index in [9.17, 15) is 54.0 Å². The number of carbonyl (C=O) groups excluding carboxylic acids is 8. The van der Waals surface area contributed by atoms with Crippen molar-refractivity contribution in [2.24, 2.45) is 0 Å². The second kappa shape index (κ2) is 25.5. The first-order valence-corrected chi connectivity index (χ1v) is 17.1. The van der Waals surface area contributed by atoms with E-state index in [2.05, 4.69) is 16.0 Å². The van der Waals surface area contributed by atoms with Crippen LogP contribution in [0.4, 0.5) is 0 Å². The quantitative estimate of drug-likeness (QED) is 0.0295. The summed E-state index contributed by atoms with van der Waals surface area (Å²) in [5, 5.41) is 39.0. The van der Waals surface area contributed by atoms with Gasteiger partial charge in [0.1, 0.15) is 0 Å². The lowest BCUT2D eigenvalue weighted by Gasteiger charge is -2.15. The highest BCUT2D eigenvalue weighted by atomic mass is 16.5. The van der Waals surface area contributed by atoms with Gasteiger partial charge < -0.3 is 16.0 Å². The van der Waals surface area contributed by atoms with Crippen LogP contribution in [0.2, 0.25) is 0 Å². The van der Waals surface area contributed by atoms with Crippen molar-refractivity contribution < 1.29 is 54.0 Å². The zero-order valence-corrected chi connectivity index (χ0v) is 28.9. The van der Waals surface area contributed by atoms with Crippen LogP contribution >= 0.6 is 0 Å². The third-order valence-electron chi connectivity index (χ3n) is 7.64. The van der Waals surface area contributed by atoms with E-state index in [0.29, 0.717) is 92.6 Å². The van der Waals surface area contributed by atoms with E-state index < -0.39 is 29.5 Å². The summed E-state index contributed by atoms with van der Waals surface area (Å²) in [6.07, 6.45) is 7.17. The molecule has 6 N–H and O–H groups in total. The Balaban J connectivity index is 1.99. The van der Waals surface area contributed by atoms with Crippen molar-refractivity contribution in [1.29, 1.82) is 0 Å². The van der Waals surface area contributed by atoms with E-state index in [4.69, 9.17) is 0 Å². The summed E-state index contributed by atoms with van der Waals surface area (Å²) in [4.78, 5) is 94.8. The molecule has 1 heterocycles. The van der Waals surface area contributed by atoms with Gasteiger partial charge in [0.25, 0.3) is 11.8 Å². The molecule has 0 saturated carbocycles. The van der Waals surface area contributed by atoms with E-state index in [1.807, 2.05) is 0 Å². The SMILES string of the molecule is CC(=O)N(O)CCCCCNC(=O)CCC(=O)N(O)CCCCCNC(=O)CCC(=O)N(O)CCCCCNC(=O)CCN1C(=O)C=CC1=O. The van der Waals surface area contributed by atoms with Crippen molar-refractivity contribution in [2.75, 3.05) is 45.8 Å². The van der Waals surface area contributed by atoms with Crippen molar-refractivity contribution >= 4 is 47.3 Å². The van der Waals surface area contributed by atoms with E-state index >= 15 is 0 Å². The van der Waals surface area contributed by atoms with Gasteiger partial charge in [0.2, 0.25) is 35.4 Å². The highest BCUT2D eigenvalue weighted by Crippen LogP contribution is 2.05. The van der Waals surface area contributed by atoms with Gasteiger partial charge in [0.05, 0.1) is 0 Å². The van der Waals surface area contributed by atoms with Crippen LogP contribution in [0.25, 0.3) is 0 Å². The predicted molar refractivity (Wildman–Crippen MR) is 176 cm³/mol. The number of nitrogens with zero attached hydrogens (tertiary/aromatic N) is 4. The molecule has 0 unspecified atom stereocenters. The molecule has 0 aliphatic carbocycles. The van der Waals surface area contributed by atoms with Crippen LogP contribution in [-0.2, 0) is 38.4 Å². The molecule has 0 spiro atoms. The Morgan fingerprint density at radius 1 is 0.540 bits per heavy atom. The molecule has 0 atom stereocenters. The monoisotopic (exact) mass is 711 g/mol. The maximum Gasteiger partial charge on any atom is 0.253 e. The average Bonchev–Trinajstić information content (AvgIpc) is 3.41. The van der Waals surface area contributed by atoms with Crippen LogP contribution in [0, 0.1) is 0 Å². The highest BCUT2D eigenvalue weighted by Gasteiger charge is 2.23. The molecule has 0 aromatic heterocycles. The Labute approximate surface area is 292 Å². The highest BCUT2D eigenvalue weighted by molar-refractivity contribution is 6.13. The molecule has 1 rings (SSSR count). The van der Waals surface area contributed by atoms with Crippen molar-refractivity contribution in [2.45, 2.75) is 96.8 Å². The Kier molecular flexibility index (Phi) is 22.3. The molecule has 282 valence electrons. The zero-order chi connectivity index (χ0) is 37.3. The first-order chi connectivity index (χ1) is 23.8. The molecule has 1 aliphatic rings. The topological polar surface area (TPSA) is 246 Å². The standard InChI is InChI=1S/C32H53N7O11/c1-25(40)37(48)21-8-2-5-18-33-26(41)11-13-31(46)38(49)22-9-3-6-19-34-27(42)12-14-32(47)39(50)23-10-4-7-20-35-28(43)17-24-36-29(44)15-16-30(36)45/h15-16,48-50H,2-14,17-24H2,1H3,(H,33,41)(H,34,42)(H,35,43). The minimum Gasteiger partial charge on any atom is -0.356 e. The summed E-state index contributed by atoms with van der Waals surface area (Å²) in [6.45, 7) is 2.76. The van der Waals surface area contributed by atoms with E-state index in [1.54, 1.807) is 0 Å². The van der Waals surface area contributed by atoms with Crippen molar-refractivity contribution in [3.63, 3.8) is 0 Å². The number of nitrogens with one attached hydrogen (secondary N) is 3. The van der Waals surface area contributed by atoms with Gasteiger partial charge >= 0.3 is 0 Å². The fourth-order valence-corrected chi connectivity index (χ4v) is 4.61. The Hall–Kier alpha value is -4.42. The van der Waals surface area contributed by atoms with E-state index in [0.717, 1.165) is 17.1 Å². The predicted octanol–water partition coefficient (Wildman–Crippen LogP) is 0.395.